The van der Waals surface area contributed by atoms with E-state index in [1.807, 2.05) is 0 Å². The molecule has 0 saturated carbocycles. The zero-order chi connectivity index (χ0) is 17.2. The molecule has 132 valence electrons. The second-order valence-electron chi connectivity index (χ2n) is 7.58. The van der Waals surface area contributed by atoms with Crippen LogP contribution in [0.3, 0.4) is 0 Å². The fraction of sp³-hybridized carbons (Fsp3) is 0.812. The Morgan fingerprint density at radius 2 is 2.04 bits per heavy atom. The minimum Gasteiger partial charge on any atom is -0.296 e. The van der Waals surface area contributed by atoms with E-state index in [9.17, 15) is 8.42 Å². The average Bonchev–Trinajstić information content (AvgIpc) is 2.94. The Kier molecular flexibility index (Phi) is 5.86. The fourth-order valence-electron chi connectivity index (χ4n) is 3.37. The molecular weight excluding hydrogens is 312 g/mol. The first-order valence-corrected chi connectivity index (χ1v) is 10.3. The number of hydrogen-bond donors (Lipinski definition) is 2. The molecule has 23 heavy (non-hydrogen) atoms. The molecular formula is C16H30N4O2S. The van der Waals surface area contributed by atoms with Gasteiger partial charge in [-0.05, 0) is 30.2 Å². The van der Waals surface area contributed by atoms with E-state index in [1.165, 1.54) is 6.26 Å². The average molecular weight is 343 g/mol. The highest BCUT2D eigenvalue weighted by atomic mass is 32.2. The maximum Gasteiger partial charge on any atom is 0.209 e. The van der Waals surface area contributed by atoms with Gasteiger partial charge in [0.1, 0.15) is 0 Å². The van der Waals surface area contributed by atoms with Gasteiger partial charge in [-0.15, -0.1) is 0 Å². The van der Waals surface area contributed by atoms with E-state index in [-0.39, 0.29) is 6.04 Å². The molecule has 0 radical (unpaired) electrons. The van der Waals surface area contributed by atoms with Crippen molar-refractivity contribution < 1.29 is 8.42 Å². The number of sulfonamides is 1. The molecule has 0 bridgehead atoms. The summed E-state index contributed by atoms with van der Waals surface area (Å²) in [6.07, 6.45) is 2.21. The van der Waals surface area contributed by atoms with E-state index in [1.54, 1.807) is 0 Å². The van der Waals surface area contributed by atoms with E-state index in [2.05, 4.69) is 53.6 Å². The van der Waals surface area contributed by atoms with Crippen LogP contribution in [0, 0.1) is 17.8 Å². The zero-order valence-corrected chi connectivity index (χ0v) is 15.7. The van der Waals surface area contributed by atoms with Crippen molar-refractivity contribution in [1.82, 2.24) is 19.8 Å². The maximum absolute atomic E-state index is 11.6. The van der Waals surface area contributed by atoms with Crippen LogP contribution in [0.5, 0.6) is 0 Å². The number of nitrogens with one attached hydrogen (secondary N) is 2. The summed E-state index contributed by atoms with van der Waals surface area (Å²) in [5.41, 5.74) is 2.20. The molecule has 7 heteroatoms. The summed E-state index contributed by atoms with van der Waals surface area (Å²) < 4.78 is 26.0. The lowest BCUT2D eigenvalue weighted by Gasteiger charge is -2.21. The van der Waals surface area contributed by atoms with Gasteiger partial charge >= 0.3 is 0 Å². The summed E-state index contributed by atoms with van der Waals surface area (Å²) >= 11 is 0. The van der Waals surface area contributed by atoms with E-state index >= 15 is 0 Å². The molecule has 0 amide bonds. The quantitative estimate of drug-likeness (QED) is 0.789. The van der Waals surface area contributed by atoms with Gasteiger partial charge in [-0.1, -0.05) is 27.7 Å². The van der Waals surface area contributed by atoms with E-state index in [4.69, 9.17) is 0 Å². The molecule has 2 atom stereocenters. The van der Waals surface area contributed by atoms with Crippen LogP contribution < -0.4 is 4.72 Å². The summed E-state index contributed by atoms with van der Waals surface area (Å²) in [5.74, 6) is 1.37. The van der Waals surface area contributed by atoms with Crippen molar-refractivity contribution in [2.24, 2.45) is 17.8 Å². The van der Waals surface area contributed by atoms with Gasteiger partial charge in [0.25, 0.3) is 0 Å². The molecule has 1 fully saturated rings. The molecule has 6 nitrogen and oxygen atoms in total. The van der Waals surface area contributed by atoms with Gasteiger partial charge in [-0.2, -0.15) is 5.10 Å². The molecule has 0 spiro atoms. The zero-order valence-electron chi connectivity index (χ0n) is 14.8. The van der Waals surface area contributed by atoms with Gasteiger partial charge in [-0.3, -0.25) is 10.00 Å². The minimum atomic E-state index is -3.18. The van der Waals surface area contributed by atoms with Crippen LogP contribution in [0.2, 0.25) is 0 Å². The topological polar surface area (TPSA) is 78.1 Å². The summed E-state index contributed by atoms with van der Waals surface area (Å²) in [6, 6.07) is 2.12. The van der Waals surface area contributed by atoms with Crippen molar-refractivity contribution in [2.75, 3.05) is 19.3 Å². The standard InChI is InChI=1S/C16H30N4O2S/c1-11(2)6-13-7-14(18-17-13)8-20-9-15(12(3)4)16(10-20)19-23(5,21)22/h7,11-12,15-16,19H,6,8-10H2,1-5H3,(H,17,18)/t15-,16+/m0/s1. The van der Waals surface area contributed by atoms with Crippen molar-refractivity contribution in [3.05, 3.63) is 17.5 Å². The van der Waals surface area contributed by atoms with Crippen molar-refractivity contribution in [2.45, 2.75) is 46.7 Å². The minimum absolute atomic E-state index is 0.0111. The van der Waals surface area contributed by atoms with Gasteiger partial charge in [0, 0.05) is 31.4 Å². The van der Waals surface area contributed by atoms with Crippen molar-refractivity contribution in [3.8, 4) is 0 Å². The van der Waals surface area contributed by atoms with Crippen molar-refractivity contribution in [3.63, 3.8) is 0 Å². The summed E-state index contributed by atoms with van der Waals surface area (Å²) in [5, 5.41) is 7.48. The Bertz CT molecular complexity index is 609. The first-order chi connectivity index (χ1) is 10.6. The van der Waals surface area contributed by atoms with Crippen LogP contribution in [0.1, 0.15) is 39.1 Å². The molecule has 0 aliphatic carbocycles. The first-order valence-electron chi connectivity index (χ1n) is 8.37. The largest absolute Gasteiger partial charge is 0.296 e. The predicted molar refractivity (Wildman–Crippen MR) is 92.5 cm³/mol. The predicted octanol–water partition coefficient (Wildman–Crippen LogP) is 1.61. The molecule has 0 unspecified atom stereocenters. The highest BCUT2D eigenvalue weighted by molar-refractivity contribution is 7.88. The Labute approximate surface area is 140 Å². The van der Waals surface area contributed by atoms with Gasteiger partial charge < -0.3 is 0 Å². The summed E-state index contributed by atoms with van der Waals surface area (Å²) in [7, 11) is -3.18. The smallest absolute Gasteiger partial charge is 0.209 e. The van der Waals surface area contributed by atoms with E-state index in [0.717, 1.165) is 37.4 Å². The highest BCUT2D eigenvalue weighted by Gasteiger charge is 2.36. The third-order valence-electron chi connectivity index (χ3n) is 4.36. The number of nitrogens with zero attached hydrogens (tertiary/aromatic N) is 2. The van der Waals surface area contributed by atoms with Crippen molar-refractivity contribution >= 4 is 10.0 Å². The van der Waals surface area contributed by atoms with Crippen LogP contribution in [0.25, 0.3) is 0 Å². The normalized spacial score (nSPS) is 23.3. The number of aromatic amines is 1. The fourth-order valence-corrected chi connectivity index (χ4v) is 4.17. The molecule has 1 aromatic heterocycles. The molecule has 1 saturated heterocycles. The summed E-state index contributed by atoms with van der Waals surface area (Å²) in [6.45, 7) is 11.1. The second-order valence-corrected chi connectivity index (χ2v) is 9.36. The van der Waals surface area contributed by atoms with Crippen LogP contribution in [-0.2, 0) is 23.0 Å². The lowest BCUT2D eigenvalue weighted by atomic mass is 9.92. The first kappa shape index (κ1) is 18.4. The third-order valence-corrected chi connectivity index (χ3v) is 5.09. The highest BCUT2D eigenvalue weighted by Crippen LogP contribution is 2.26. The number of likely N-dealkylation sites (tertiary alicyclic amines) is 1. The number of rotatable bonds is 7. The lowest BCUT2D eigenvalue weighted by molar-refractivity contribution is 0.293. The molecule has 1 aromatic rings. The lowest BCUT2D eigenvalue weighted by Crippen LogP contribution is -2.41. The molecule has 2 N–H and O–H groups in total. The van der Waals surface area contributed by atoms with Crippen LogP contribution >= 0.6 is 0 Å². The van der Waals surface area contributed by atoms with Crippen molar-refractivity contribution in [1.29, 1.82) is 0 Å². The Morgan fingerprint density at radius 1 is 1.35 bits per heavy atom. The van der Waals surface area contributed by atoms with Gasteiger partial charge in [0.05, 0.1) is 11.9 Å². The van der Waals surface area contributed by atoms with Crippen LogP contribution in [0.4, 0.5) is 0 Å². The molecule has 2 rings (SSSR count). The van der Waals surface area contributed by atoms with E-state index < -0.39 is 10.0 Å². The second kappa shape index (κ2) is 7.32. The Hall–Kier alpha value is -0.920. The molecule has 1 aliphatic rings. The molecule has 2 heterocycles. The van der Waals surface area contributed by atoms with Crippen LogP contribution in [-0.4, -0.2) is 48.9 Å². The van der Waals surface area contributed by atoms with Gasteiger partial charge in [0.15, 0.2) is 0 Å². The maximum atomic E-state index is 11.6. The van der Waals surface area contributed by atoms with Gasteiger partial charge in [-0.25, -0.2) is 13.1 Å². The van der Waals surface area contributed by atoms with E-state index in [0.29, 0.717) is 17.8 Å². The Morgan fingerprint density at radius 3 is 2.61 bits per heavy atom. The number of hydrogen-bond acceptors (Lipinski definition) is 4. The van der Waals surface area contributed by atoms with Gasteiger partial charge in [0.2, 0.25) is 10.0 Å². The SMILES string of the molecule is CC(C)Cc1cc(CN2C[C@@H](NS(C)(=O)=O)[C@H](C(C)C)C2)[nH]n1. The molecule has 1 aliphatic heterocycles. The summed E-state index contributed by atoms with van der Waals surface area (Å²) in [4.78, 5) is 2.31. The molecule has 0 aromatic carbocycles. The van der Waals surface area contributed by atoms with Crippen LogP contribution in [0.15, 0.2) is 6.07 Å². The number of aromatic nitrogens is 2. The third kappa shape index (κ3) is 5.58. The number of H-pyrrole nitrogens is 1. The monoisotopic (exact) mass is 342 g/mol. The Balaban J connectivity index is 1.99.